The summed E-state index contributed by atoms with van der Waals surface area (Å²) in [6.45, 7) is 3.21. The first-order valence-electron chi connectivity index (χ1n) is 6.99. The summed E-state index contributed by atoms with van der Waals surface area (Å²) >= 11 is 1.65. The van der Waals surface area contributed by atoms with Crippen LogP contribution in [-0.2, 0) is 0 Å². The van der Waals surface area contributed by atoms with Gasteiger partial charge in [-0.2, -0.15) is 0 Å². The van der Waals surface area contributed by atoms with Gasteiger partial charge in [0.25, 0.3) is 0 Å². The number of thioether (sulfide) groups is 1. The van der Waals surface area contributed by atoms with Crippen molar-refractivity contribution in [3.8, 4) is 0 Å². The molecule has 2 N–H and O–H groups in total. The third-order valence-electron chi connectivity index (χ3n) is 3.96. The molecule has 1 fully saturated rings. The maximum atomic E-state index is 12.2. The summed E-state index contributed by atoms with van der Waals surface area (Å²) in [7, 11) is 0. The number of anilines is 1. The van der Waals surface area contributed by atoms with E-state index >= 15 is 0 Å². The van der Waals surface area contributed by atoms with Gasteiger partial charge in [-0.3, -0.25) is 0 Å². The van der Waals surface area contributed by atoms with Crippen molar-refractivity contribution in [1.82, 2.24) is 4.90 Å². The lowest BCUT2D eigenvalue weighted by atomic mass is 9.89. The second-order valence-corrected chi connectivity index (χ2v) is 6.11. The molecule has 0 unspecified atom stereocenters. The number of nitrogens with zero attached hydrogens (tertiary/aromatic N) is 1. The van der Waals surface area contributed by atoms with Gasteiger partial charge in [0.05, 0.1) is 5.60 Å². The third kappa shape index (κ3) is 3.67. The molecule has 0 aliphatic carbocycles. The van der Waals surface area contributed by atoms with Crippen LogP contribution in [0.15, 0.2) is 29.2 Å². The van der Waals surface area contributed by atoms with Gasteiger partial charge in [-0.15, -0.1) is 11.8 Å². The third-order valence-corrected chi connectivity index (χ3v) is 4.69. The zero-order chi connectivity index (χ0) is 14.6. The van der Waals surface area contributed by atoms with E-state index < -0.39 is 5.60 Å². The van der Waals surface area contributed by atoms with Crippen molar-refractivity contribution in [2.75, 3.05) is 24.7 Å². The number of likely N-dealkylation sites (tertiary alicyclic amines) is 1. The summed E-state index contributed by atoms with van der Waals surface area (Å²) in [4.78, 5) is 15.1. The number of urea groups is 1. The lowest BCUT2D eigenvalue weighted by molar-refractivity contribution is -0.0139. The number of carbonyl (C=O) groups excluding carboxylic acids is 1. The highest BCUT2D eigenvalue weighted by Crippen LogP contribution is 2.26. The van der Waals surface area contributed by atoms with Crippen LogP contribution in [0.1, 0.15) is 26.2 Å². The quantitative estimate of drug-likeness (QED) is 0.842. The summed E-state index contributed by atoms with van der Waals surface area (Å²) in [6, 6.07) is 7.73. The Hall–Kier alpha value is -1.20. The lowest BCUT2D eigenvalue weighted by Gasteiger charge is -2.37. The molecular formula is C15H22N2O2S. The molecule has 1 heterocycles. The van der Waals surface area contributed by atoms with E-state index in [2.05, 4.69) is 5.32 Å². The van der Waals surface area contributed by atoms with Crippen LogP contribution in [0.2, 0.25) is 0 Å². The Balaban J connectivity index is 1.92. The van der Waals surface area contributed by atoms with Crippen LogP contribution in [0.3, 0.4) is 0 Å². The number of nitrogens with one attached hydrogen (secondary N) is 1. The minimum absolute atomic E-state index is 0.0820. The minimum atomic E-state index is -0.588. The van der Waals surface area contributed by atoms with Gasteiger partial charge in [-0.25, -0.2) is 4.79 Å². The largest absolute Gasteiger partial charge is 0.390 e. The van der Waals surface area contributed by atoms with Gasteiger partial charge in [0.1, 0.15) is 0 Å². The molecule has 4 nitrogen and oxygen atoms in total. The Morgan fingerprint density at radius 2 is 2.15 bits per heavy atom. The smallest absolute Gasteiger partial charge is 0.321 e. The van der Waals surface area contributed by atoms with Gasteiger partial charge in [0.2, 0.25) is 0 Å². The molecule has 110 valence electrons. The summed E-state index contributed by atoms with van der Waals surface area (Å²) < 4.78 is 0. The summed E-state index contributed by atoms with van der Waals surface area (Å²) in [5.74, 6) is 0. The van der Waals surface area contributed by atoms with Crippen LogP contribution in [0, 0.1) is 0 Å². The molecule has 1 aliphatic rings. The molecule has 2 rings (SSSR count). The molecule has 20 heavy (non-hydrogen) atoms. The normalized spacial score (nSPS) is 17.9. The van der Waals surface area contributed by atoms with Gasteiger partial charge in [0, 0.05) is 23.7 Å². The Labute approximate surface area is 124 Å². The van der Waals surface area contributed by atoms with E-state index in [1.54, 1.807) is 16.7 Å². The first-order chi connectivity index (χ1) is 9.56. The van der Waals surface area contributed by atoms with Crippen LogP contribution >= 0.6 is 11.8 Å². The van der Waals surface area contributed by atoms with E-state index in [0.29, 0.717) is 25.9 Å². The number of benzene rings is 1. The van der Waals surface area contributed by atoms with E-state index in [4.69, 9.17) is 0 Å². The number of carbonyl (C=O) groups is 1. The molecule has 1 aromatic rings. The van der Waals surface area contributed by atoms with E-state index in [9.17, 15) is 9.90 Å². The number of rotatable bonds is 3. The molecule has 0 atom stereocenters. The first-order valence-corrected chi connectivity index (χ1v) is 8.21. The zero-order valence-corrected chi connectivity index (χ0v) is 12.9. The Bertz CT molecular complexity index is 471. The highest BCUT2D eigenvalue weighted by Gasteiger charge is 2.32. The highest BCUT2D eigenvalue weighted by molar-refractivity contribution is 7.98. The van der Waals surface area contributed by atoms with Gasteiger partial charge >= 0.3 is 6.03 Å². The maximum absolute atomic E-state index is 12.2. The molecule has 5 heteroatoms. The van der Waals surface area contributed by atoms with E-state index in [1.165, 1.54) is 0 Å². The topological polar surface area (TPSA) is 52.6 Å². The molecule has 0 spiro atoms. The van der Waals surface area contributed by atoms with Crippen LogP contribution in [0.5, 0.6) is 0 Å². The SMILES string of the molecule is CCC1(O)CCN(C(=O)Nc2cccc(SC)c2)CC1. The van der Waals surface area contributed by atoms with Crippen molar-refractivity contribution in [2.45, 2.75) is 36.7 Å². The lowest BCUT2D eigenvalue weighted by Crippen LogP contribution is -2.47. The highest BCUT2D eigenvalue weighted by atomic mass is 32.2. The molecule has 2 amide bonds. The molecule has 0 radical (unpaired) electrons. The van der Waals surface area contributed by atoms with Gasteiger partial charge in [-0.1, -0.05) is 13.0 Å². The molecule has 1 aliphatic heterocycles. The Morgan fingerprint density at radius 3 is 2.75 bits per heavy atom. The van der Waals surface area contributed by atoms with Crippen LogP contribution in [0.4, 0.5) is 10.5 Å². The fourth-order valence-corrected chi connectivity index (χ4v) is 2.84. The fraction of sp³-hybridized carbons (Fsp3) is 0.533. The number of hydrogen-bond donors (Lipinski definition) is 2. The fourth-order valence-electron chi connectivity index (χ4n) is 2.38. The molecule has 0 bridgehead atoms. The summed E-state index contributed by atoms with van der Waals surface area (Å²) in [5.41, 5.74) is 0.230. The first kappa shape index (κ1) is 15.2. The van der Waals surface area contributed by atoms with Crippen molar-refractivity contribution in [3.63, 3.8) is 0 Å². The average Bonchev–Trinajstić information content (AvgIpc) is 2.48. The van der Waals surface area contributed by atoms with Crippen molar-refractivity contribution < 1.29 is 9.90 Å². The van der Waals surface area contributed by atoms with E-state index in [1.807, 2.05) is 37.4 Å². The predicted molar refractivity (Wildman–Crippen MR) is 83.3 cm³/mol. The summed E-state index contributed by atoms with van der Waals surface area (Å²) in [6.07, 6.45) is 4.07. The van der Waals surface area contributed by atoms with Crippen molar-refractivity contribution in [2.24, 2.45) is 0 Å². The monoisotopic (exact) mass is 294 g/mol. The zero-order valence-electron chi connectivity index (χ0n) is 12.1. The van der Waals surface area contributed by atoms with Crippen LogP contribution in [0.25, 0.3) is 0 Å². The standard InChI is InChI=1S/C15H22N2O2S/c1-3-15(19)7-9-17(10-8-15)14(18)16-12-5-4-6-13(11-12)20-2/h4-6,11,19H,3,7-10H2,1-2H3,(H,16,18). The van der Waals surface area contributed by atoms with Crippen molar-refractivity contribution in [1.29, 1.82) is 0 Å². The van der Waals surface area contributed by atoms with Crippen LogP contribution in [-0.4, -0.2) is 41.0 Å². The molecule has 0 saturated carbocycles. The predicted octanol–water partition coefficient (Wildman–Crippen LogP) is 3.18. The van der Waals surface area contributed by atoms with Gasteiger partial charge in [-0.05, 0) is 43.7 Å². The average molecular weight is 294 g/mol. The van der Waals surface area contributed by atoms with Gasteiger partial charge < -0.3 is 15.3 Å². The van der Waals surface area contributed by atoms with Gasteiger partial charge in [0.15, 0.2) is 0 Å². The number of amides is 2. The number of aliphatic hydroxyl groups is 1. The molecule has 1 aromatic carbocycles. The molecule has 0 aromatic heterocycles. The van der Waals surface area contributed by atoms with Crippen LogP contribution < -0.4 is 5.32 Å². The molecular weight excluding hydrogens is 272 g/mol. The second-order valence-electron chi connectivity index (χ2n) is 5.23. The van der Waals surface area contributed by atoms with E-state index in [-0.39, 0.29) is 6.03 Å². The number of piperidine rings is 1. The summed E-state index contributed by atoms with van der Waals surface area (Å²) in [5, 5.41) is 13.1. The number of hydrogen-bond acceptors (Lipinski definition) is 3. The van der Waals surface area contributed by atoms with Crippen molar-refractivity contribution >= 4 is 23.5 Å². The molecule has 1 saturated heterocycles. The Morgan fingerprint density at radius 1 is 1.45 bits per heavy atom. The van der Waals surface area contributed by atoms with Crippen molar-refractivity contribution in [3.05, 3.63) is 24.3 Å². The maximum Gasteiger partial charge on any atom is 0.321 e. The van der Waals surface area contributed by atoms with E-state index in [0.717, 1.165) is 17.0 Å². The Kier molecular flexibility index (Phi) is 4.94. The second kappa shape index (κ2) is 6.50. The minimum Gasteiger partial charge on any atom is -0.390 e.